The molecule has 1 aromatic carbocycles. The average molecular weight is 351 g/mol. The van der Waals surface area contributed by atoms with E-state index >= 15 is 0 Å². The quantitative estimate of drug-likeness (QED) is 0.325. The van der Waals surface area contributed by atoms with Crippen molar-refractivity contribution in [1.29, 1.82) is 0 Å². The van der Waals surface area contributed by atoms with E-state index in [-0.39, 0.29) is 38.8 Å². The molecule has 0 spiro atoms. The van der Waals surface area contributed by atoms with E-state index in [1.54, 1.807) is 0 Å². The van der Waals surface area contributed by atoms with Gasteiger partial charge in [-0.3, -0.25) is 0 Å². The Hall–Kier alpha value is -1.15. The van der Waals surface area contributed by atoms with Crippen LogP contribution in [0.15, 0.2) is 23.2 Å². The fourth-order valence-corrected chi connectivity index (χ4v) is 1.83. The first-order valence-electron chi connectivity index (χ1n) is 6.22. The third-order valence-electron chi connectivity index (χ3n) is 2.84. The van der Waals surface area contributed by atoms with Crippen LogP contribution >= 0.6 is 0 Å². The fraction of sp³-hybridized carbons (Fsp3) is 0.389. The van der Waals surface area contributed by atoms with Crippen molar-refractivity contribution in [2.24, 2.45) is 4.99 Å². The molecule has 4 heteroatoms. The van der Waals surface area contributed by atoms with E-state index in [2.05, 4.69) is 49.6 Å². The van der Waals surface area contributed by atoms with Crippen molar-refractivity contribution in [3.63, 3.8) is 0 Å². The molecule has 0 saturated heterocycles. The van der Waals surface area contributed by atoms with Crippen molar-refractivity contribution >= 4 is 17.9 Å². The summed E-state index contributed by atoms with van der Waals surface area (Å²) in [5.41, 5.74) is 3.20. The first-order valence-corrected chi connectivity index (χ1v) is 6.22. The van der Waals surface area contributed by atoms with Gasteiger partial charge in [0.25, 0.3) is 0 Å². The number of carbonyl (C=O) groups excluding carboxylic acids is 1. The first kappa shape index (κ1) is 28.9. The maximum atomic E-state index is 11.2. The predicted molar refractivity (Wildman–Crippen MR) is 94.0 cm³/mol. The summed E-state index contributed by atoms with van der Waals surface area (Å²) in [6, 6.07) is 6.16. The number of hydrogen-bond donors (Lipinski definition) is 0. The molecule has 0 saturated carbocycles. The van der Waals surface area contributed by atoms with Gasteiger partial charge in [-0.05, 0) is 23.0 Å². The van der Waals surface area contributed by atoms with Crippen molar-refractivity contribution in [1.82, 2.24) is 0 Å². The molecule has 129 valence electrons. The Kier molecular flexibility index (Phi) is 17.8. The molecular weight excluding hydrogens is 321 g/mol. The first-order chi connectivity index (χ1) is 8.47. The second-order valence-corrected chi connectivity index (χ2v) is 4.88. The Labute approximate surface area is 147 Å². The molecule has 22 heavy (non-hydrogen) atoms. The van der Waals surface area contributed by atoms with E-state index < -0.39 is 5.97 Å². The minimum absolute atomic E-state index is 0. The van der Waals surface area contributed by atoms with Gasteiger partial charge in [-0.25, -0.2) is 9.79 Å². The van der Waals surface area contributed by atoms with Crippen LogP contribution in [0.5, 0.6) is 0 Å². The zero-order valence-corrected chi connectivity index (χ0v) is 16.0. The second-order valence-electron chi connectivity index (χ2n) is 4.88. The van der Waals surface area contributed by atoms with Gasteiger partial charge in [0.05, 0.1) is 12.8 Å². The van der Waals surface area contributed by atoms with Crippen LogP contribution in [0.1, 0.15) is 50.7 Å². The van der Waals surface area contributed by atoms with Crippen molar-refractivity contribution in [2.45, 2.75) is 39.5 Å². The van der Waals surface area contributed by atoms with Crippen LogP contribution in [0, 0.1) is 22.3 Å². The van der Waals surface area contributed by atoms with Gasteiger partial charge in [0.1, 0.15) is 6.21 Å². The van der Waals surface area contributed by atoms with Gasteiger partial charge >= 0.3 is 22.5 Å². The molecule has 1 aromatic rings. The minimum atomic E-state index is -0.428. The second kappa shape index (κ2) is 13.5. The number of benzene rings is 1. The van der Waals surface area contributed by atoms with Gasteiger partial charge < -0.3 is 27.0 Å². The molecule has 0 aliphatic rings. The summed E-state index contributed by atoms with van der Waals surface area (Å²) in [6.07, 6.45) is 1.24. The monoisotopic (exact) mass is 350 g/mol. The van der Waals surface area contributed by atoms with Crippen LogP contribution in [0.25, 0.3) is 0 Å². The maximum Gasteiger partial charge on any atom is 3.00 e. The van der Waals surface area contributed by atoms with Gasteiger partial charge in [-0.15, -0.1) is 0 Å². The third-order valence-corrected chi connectivity index (χ3v) is 2.84. The van der Waals surface area contributed by atoms with Gasteiger partial charge in [-0.1, -0.05) is 45.9 Å². The molecule has 0 unspecified atom stereocenters. The van der Waals surface area contributed by atoms with Crippen LogP contribution in [-0.4, -0.2) is 19.3 Å². The fourth-order valence-electron chi connectivity index (χ4n) is 1.83. The van der Waals surface area contributed by atoms with E-state index in [0.29, 0.717) is 11.8 Å². The van der Waals surface area contributed by atoms with Crippen LogP contribution in [0.2, 0.25) is 0 Å². The number of ether oxygens (including phenoxy) is 1. The molecule has 0 aliphatic heterocycles. The molecule has 0 heterocycles. The molecule has 0 aromatic heterocycles. The molecule has 1 rings (SSSR count). The summed E-state index contributed by atoms with van der Waals surface area (Å²) < 4.78 is 4.58. The normalized spacial score (nSPS) is 9.41. The van der Waals surface area contributed by atoms with Gasteiger partial charge in [0.2, 0.25) is 0 Å². The molecule has 0 fully saturated rings. The topological polar surface area (TPSA) is 38.7 Å². The van der Waals surface area contributed by atoms with Crippen molar-refractivity contribution < 1.29 is 26.0 Å². The summed E-state index contributed by atoms with van der Waals surface area (Å²) in [5, 5.41) is 0. The summed E-state index contributed by atoms with van der Waals surface area (Å²) >= 11 is 0. The Morgan fingerprint density at radius 1 is 1.05 bits per heavy atom. The Balaban J connectivity index is -0.000000405. The number of methoxy groups -OCH3 is 1. The molecule has 1 radical (unpaired) electrons. The van der Waals surface area contributed by atoms with Crippen molar-refractivity contribution in [3.05, 3.63) is 51.6 Å². The summed E-state index contributed by atoms with van der Waals surface area (Å²) in [4.78, 5) is 15.5. The standard InChI is InChI=1S/C15H21NO2.3CH3.Ni/c1-10(2)12-7-6-8-13(11(3)4)15(12)16-9-14(17)18-5;;;;/h6-11H,1-5H3;3*1H3;/q;3*-1;+3. The number of carbonyl (C=O) groups is 1. The SMILES string of the molecule is COC(=O)C=Nc1c(C(C)C)cccc1C(C)C.[CH3-].[CH3-].[CH3-].[Ni+3]. The van der Waals surface area contributed by atoms with Gasteiger partial charge in [0, 0.05) is 0 Å². The summed E-state index contributed by atoms with van der Waals surface area (Å²) in [5.74, 6) is 0.310. The molecule has 0 aliphatic carbocycles. The van der Waals surface area contributed by atoms with E-state index in [0.717, 1.165) is 16.8 Å². The average Bonchev–Trinajstić information content (AvgIpc) is 2.34. The van der Waals surface area contributed by atoms with E-state index in [1.807, 2.05) is 6.07 Å². The molecule has 0 N–H and O–H groups in total. The number of nitrogens with zero attached hydrogens (tertiary/aromatic N) is 1. The van der Waals surface area contributed by atoms with Gasteiger partial charge in [-0.2, -0.15) is 0 Å². The Bertz CT molecular complexity index is 428. The smallest absolute Gasteiger partial charge is 0.465 e. The number of hydrogen-bond acceptors (Lipinski definition) is 3. The molecule has 0 atom stereocenters. The Morgan fingerprint density at radius 3 is 1.77 bits per heavy atom. The van der Waals surface area contributed by atoms with E-state index in [9.17, 15) is 4.79 Å². The van der Waals surface area contributed by atoms with Crippen LogP contribution in [0.3, 0.4) is 0 Å². The number of para-hydroxylation sites is 1. The molecule has 3 nitrogen and oxygen atoms in total. The molecule has 0 amide bonds. The molecule has 0 bridgehead atoms. The summed E-state index contributed by atoms with van der Waals surface area (Å²) in [7, 11) is 1.35. The van der Waals surface area contributed by atoms with E-state index in [1.165, 1.54) is 13.3 Å². The number of esters is 1. The van der Waals surface area contributed by atoms with Crippen LogP contribution < -0.4 is 0 Å². The van der Waals surface area contributed by atoms with Gasteiger partial charge in [0.15, 0.2) is 0 Å². The van der Waals surface area contributed by atoms with Crippen LogP contribution in [-0.2, 0) is 26.0 Å². The Morgan fingerprint density at radius 2 is 1.45 bits per heavy atom. The maximum absolute atomic E-state index is 11.2. The predicted octanol–water partition coefficient (Wildman–Crippen LogP) is 5.16. The van der Waals surface area contributed by atoms with E-state index in [4.69, 9.17) is 0 Å². The number of aliphatic imine (C=N–C) groups is 1. The largest absolute Gasteiger partial charge is 3.00 e. The zero-order chi connectivity index (χ0) is 13.7. The molecular formula is C18H30NNiO2. The zero-order valence-electron chi connectivity index (χ0n) is 15.0. The van der Waals surface area contributed by atoms with Crippen molar-refractivity contribution in [3.8, 4) is 0 Å². The minimum Gasteiger partial charge on any atom is -0.465 e. The van der Waals surface area contributed by atoms with Crippen LogP contribution in [0.4, 0.5) is 5.69 Å². The van der Waals surface area contributed by atoms with Crippen molar-refractivity contribution in [2.75, 3.05) is 7.11 Å². The number of rotatable bonds is 4. The third kappa shape index (κ3) is 7.75. The summed E-state index contributed by atoms with van der Waals surface area (Å²) in [6.45, 7) is 8.49.